The Hall–Kier alpha value is -0.0800. The molecule has 1 rings (SSSR count). The Bertz CT molecular complexity index is 151. The molecule has 2 heteroatoms. The van der Waals surface area contributed by atoms with Gasteiger partial charge in [0.1, 0.15) is 0 Å². The van der Waals surface area contributed by atoms with Gasteiger partial charge in [0.05, 0.1) is 0 Å². The van der Waals surface area contributed by atoms with Crippen LogP contribution >= 0.6 is 0 Å². The molecule has 0 aliphatic carbocycles. The van der Waals surface area contributed by atoms with Gasteiger partial charge in [0.2, 0.25) is 0 Å². The van der Waals surface area contributed by atoms with Gasteiger partial charge < -0.3 is 10.2 Å². The van der Waals surface area contributed by atoms with E-state index in [0.29, 0.717) is 0 Å². The molecular formula is C14H30N2. The predicted octanol–water partition coefficient (Wildman–Crippen LogP) is 2.89. The highest BCUT2D eigenvalue weighted by Gasteiger charge is 2.08. The van der Waals surface area contributed by atoms with Crippen LogP contribution in [0.25, 0.3) is 0 Å². The first-order valence-electron chi connectivity index (χ1n) is 7.22. The van der Waals surface area contributed by atoms with Gasteiger partial charge in [-0.2, -0.15) is 0 Å². The van der Waals surface area contributed by atoms with Crippen molar-refractivity contribution < 1.29 is 0 Å². The monoisotopic (exact) mass is 226 g/mol. The van der Waals surface area contributed by atoms with Crippen LogP contribution in [0.2, 0.25) is 0 Å². The first-order valence-corrected chi connectivity index (χ1v) is 7.22. The molecule has 0 amide bonds. The van der Waals surface area contributed by atoms with Gasteiger partial charge in [-0.25, -0.2) is 0 Å². The van der Waals surface area contributed by atoms with Crippen LogP contribution in [0.1, 0.15) is 52.4 Å². The van der Waals surface area contributed by atoms with Crippen molar-refractivity contribution in [3.63, 3.8) is 0 Å². The number of hydrogen-bond donors (Lipinski definition) is 1. The molecule has 1 fully saturated rings. The second kappa shape index (κ2) is 9.00. The molecule has 0 aromatic carbocycles. The maximum absolute atomic E-state index is 3.55. The van der Waals surface area contributed by atoms with Crippen LogP contribution in [-0.4, -0.2) is 37.6 Å². The molecule has 0 aromatic rings. The van der Waals surface area contributed by atoms with Crippen LogP contribution in [0.4, 0.5) is 0 Å². The van der Waals surface area contributed by atoms with E-state index in [1.165, 1.54) is 71.2 Å². The van der Waals surface area contributed by atoms with Gasteiger partial charge in [0.15, 0.2) is 0 Å². The van der Waals surface area contributed by atoms with E-state index in [2.05, 4.69) is 24.1 Å². The number of nitrogens with one attached hydrogen (secondary N) is 1. The third kappa shape index (κ3) is 7.24. The van der Waals surface area contributed by atoms with Crippen molar-refractivity contribution in [3.05, 3.63) is 0 Å². The largest absolute Gasteiger partial charge is 0.317 e. The average molecular weight is 226 g/mol. The molecule has 0 spiro atoms. The quantitative estimate of drug-likeness (QED) is 0.640. The molecule has 1 N–H and O–H groups in total. The van der Waals surface area contributed by atoms with Crippen molar-refractivity contribution >= 4 is 0 Å². The van der Waals surface area contributed by atoms with Gasteiger partial charge in [-0.1, -0.05) is 20.3 Å². The van der Waals surface area contributed by atoms with E-state index in [1.54, 1.807) is 0 Å². The Labute approximate surface area is 102 Å². The maximum Gasteiger partial charge on any atom is -0.000664 e. The van der Waals surface area contributed by atoms with Crippen LogP contribution in [0.5, 0.6) is 0 Å². The normalized spacial score (nSPS) is 18.2. The summed E-state index contributed by atoms with van der Waals surface area (Å²) in [5.74, 6) is 0.857. The topological polar surface area (TPSA) is 15.3 Å². The Kier molecular flexibility index (Phi) is 7.87. The minimum atomic E-state index is 0.857. The first-order chi connectivity index (χ1) is 7.79. The lowest BCUT2D eigenvalue weighted by molar-refractivity contribution is 0.225. The van der Waals surface area contributed by atoms with Crippen molar-refractivity contribution in [2.45, 2.75) is 52.4 Å². The second-order valence-electron chi connectivity index (χ2n) is 5.54. The van der Waals surface area contributed by atoms with Crippen molar-refractivity contribution in [2.24, 2.45) is 5.92 Å². The highest BCUT2D eigenvalue weighted by atomic mass is 15.1. The number of hydrogen-bond acceptors (Lipinski definition) is 2. The molecule has 16 heavy (non-hydrogen) atoms. The lowest BCUT2D eigenvalue weighted by atomic mass is 10.1. The van der Waals surface area contributed by atoms with Crippen molar-refractivity contribution in [2.75, 3.05) is 32.7 Å². The van der Waals surface area contributed by atoms with E-state index < -0.39 is 0 Å². The summed E-state index contributed by atoms with van der Waals surface area (Å²) in [4.78, 5) is 2.62. The van der Waals surface area contributed by atoms with Crippen molar-refractivity contribution in [3.8, 4) is 0 Å². The van der Waals surface area contributed by atoms with Gasteiger partial charge in [-0.3, -0.25) is 0 Å². The van der Waals surface area contributed by atoms with Gasteiger partial charge in [-0.05, 0) is 70.7 Å². The smallest absolute Gasteiger partial charge is 0.000664 e. The molecule has 1 heterocycles. The minimum absolute atomic E-state index is 0.857. The lowest BCUT2D eigenvalue weighted by Crippen LogP contribution is -2.32. The summed E-state index contributed by atoms with van der Waals surface area (Å²) in [6.45, 7) is 11.0. The fourth-order valence-electron chi connectivity index (χ4n) is 2.37. The summed E-state index contributed by atoms with van der Waals surface area (Å²) < 4.78 is 0. The van der Waals surface area contributed by atoms with Crippen LogP contribution in [0.15, 0.2) is 0 Å². The molecule has 0 radical (unpaired) electrons. The summed E-state index contributed by atoms with van der Waals surface area (Å²) in [7, 11) is 0. The molecular weight excluding hydrogens is 196 g/mol. The molecule has 0 saturated carbocycles. The standard InChI is InChI=1S/C14H30N2/c1-14(2)8-6-9-15-10-7-13-16-11-4-3-5-12-16/h14-15H,3-13H2,1-2H3. The van der Waals surface area contributed by atoms with Crippen LogP contribution in [-0.2, 0) is 0 Å². The molecule has 96 valence electrons. The fourth-order valence-corrected chi connectivity index (χ4v) is 2.37. The van der Waals surface area contributed by atoms with Gasteiger partial charge >= 0.3 is 0 Å². The Balaban J connectivity index is 1.80. The van der Waals surface area contributed by atoms with Crippen LogP contribution in [0, 0.1) is 5.92 Å². The Morgan fingerprint density at radius 2 is 1.69 bits per heavy atom. The molecule has 0 unspecified atom stereocenters. The Morgan fingerprint density at radius 3 is 2.38 bits per heavy atom. The summed E-state index contributed by atoms with van der Waals surface area (Å²) in [6, 6.07) is 0. The molecule has 0 aromatic heterocycles. The summed E-state index contributed by atoms with van der Waals surface area (Å²) >= 11 is 0. The second-order valence-corrected chi connectivity index (χ2v) is 5.54. The molecule has 1 aliphatic rings. The average Bonchev–Trinajstić information content (AvgIpc) is 2.29. The maximum atomic E-state index is 3.55. The number of nitrogens with zero attached hydrogens (tertiary/aromatic N) is 1. The van der Waals surface area contributed by atoms with E-state index in [9.17, 15) is 0 Å². The Morgan fingerprint density at radius 1 is 1.00 bits per heavy atom. The molecule has 2 nitrogen and oxygen atoms in total. The van der Waals surface area contributed by atoms with Crippen molar-refractivity contribution in [1.29, 1.82) is 0 Å². The predicted molar refractivity (Wildman–Crippen MR) is 71.8 cm³/mol. The summed E-state index contributed by atoms with van der Waals surface area (Å²) in [6.07, 6.45) is 8.30. The van der Waals surface area contributed by atoms with Gasteiger partial charge in [-0.15, -0.1) is 0 Å². The van der Waals surface area contributed by atoms with E-state index in [0.717, 1.165) is 5.92 Å². The lowest BCUT2D eigenvalue weighted by Gasteiger charge is -2.26. The first kappa shape index (κ1) is 14.0. The van der Waals surface area contributed by atoms with E-state index in [4.69, 9.17) is 0 Å². The highest BCUT2D eigenvalue weighted by molar-refractivity contribution is 4.64. The van der Waals surface area contributed by atoms with Crippen LogP contribution in [0.3, 0.4) is 0 Å². The zero-order valence-corrected chi connectivity index (χ0v) is 11.3. The zero-order valence-electron chi connectivity index (χ0n) is 11.3. The molecule has 0 atom stereocenters. The van der Waals surface area contributed by atoms with Crippen molar-refractivity contribution in [1.82, 2.24) is 10.2 Å². The minimum Gasteiger partial charge on any atom is -0.317 e. The third-order valence-electron chi connectivity index (χ3n) is 3.41. The fraction of sp³-hybridized carbons (Fsp3) is 1.00. The van der Waals surface area contributed by atoms with Gasteiger partial charge in [0, 0.05) is 0 Å². The summed E-state index contributed by atoms with van der Waals surface area (Å²) in [5.41, 5.74) is 0. The third-order valence-corrected chi connectivity index (χ3v) is 3.41. The van der Waals surface area contributed by atoms with Gasteiger partial charge in [0.25, 0.3) is 0 Å². The highest BCUT2D eigenvalue weighted by Crippen LogP contribution is 2.08. The molecule has 0 bridgehead atoms. The van der Waals surface area contributed by atoms with Crippen LogP contribution < -0.4 is 5.32 Å². The number of likely N-dealkylation sites (tertiary alicyclic amines) is 1. The SMILES string of the molecule is CC(C)CCCNCCCN1CCCCC1. The summed E-state index contributed by atoms with van der Waals surface area (Å²) in [5, 5.41) is 3.55. The van der Waals surface area contributed by atoms with E-state index in [-0.39, 0.29) is 0 Å². The number of rotatable bonds is 8. The van der Waals surface area contributed by atoms with E-state index >= 15 is 0 Å². The number of piperidine rings is 1. The molecule has 1 aliphatic heterocycles. The van der Waals surface area contributed by atoms with E-state index in [1.807, 2.05) is 0 Å². The molecule has 1 saturated heterocycles. The zero-order chi connectivity index (χ0) is 11.6.